The highest BCUT2D eigenvalue weighted by molar-refractivity contribution is 5.64. The van der Waals surface area contributed by atoms with Gasteiger partial charge in [0.1, 0.15) is 5.82 Å². The number of hydrogen-bond acceptors (Lipinski definition) is 5. The highest BCUT2D eigenvalue weighted by Crippen LogP contribution is 2.24. The minimum absolute atomic E-state index is 0.572. The van der Waals surface area contributed by atoms with E-state index < -0.39 is 0 Å². The van der Waals surface area contributed by atoms with E-state index in [1.807, 2.05) is 13.0 Å². The minimum atomic E-state index is 0.572. The van der Waals surface area contributed by atoms with Gasteiger partial charge in [-0.05, 0) is 57.2 Å². The maximum absolute atomic E-state index is 4.53. The van der Waals surface area contributed by atoms with E-state index in [9.17, 15) is 0 Å². The standard InChI is InChI=1S/C22H27N5/c1-15-13-16(2)20(17(3)14-15)26-22-25-18(4)24-21(27-22)23-12-8-11-19-9-6-5-7-10-19/h5-7,9-10,13-14H,8,11-12H2,1-4H3,(H2,23,24,25,26,27). The molecule has 2 aromatic carbocycles. The zero-order chi connectivity index (χ0) is 19.2. The summed E-state index contributed by atoms with van der Waals surface area (Å²) in [7, 11) is 0. The molecule has 0 amide bonds. The largest absolute Gasteiger partial charge is 0.354 e. The van der Waals surface area contributed by atoms with E-state index in [0.717, 1.165) is 25.1 Å². The molecular weight excluding hydrogens is 334 g/mol. The molecule has 0 unspecified atom stereocenters. The molecule has 0 spiro atoms. The summed E-state index contributed by atoms with van der Waals surface area (Å²) < 4.78 is 0. The molecule has 0 atom stereocenters. The van der Waals surface area contributed by atoms with E-state index in [2.05, 4.69) is 82.8 Å². The lowest BCUT2D eigenvalue weighted by molar-refractivity contribution is 0.846. The van der Waals surface area contributed by atoms with Gasteiger partial charge < -0.3 is 10.6 Å². The predicted octanol–water partition coefficient (Wildman–Crippen LogP) is 4.89. The molecule has 2 N–H and O–H groups in total. The zero-order valence-corrected chi connectivity index (χ0v) is 16.5. The number of rotatable bonds is 7. The van der Waals surface area contributed by atoms with Crippen LogP contribution in [-0.4, -0.2) is 21.5 Å². The maximum atomic E-state index is 4.53. The van der Waals surface area contributed by atoms with Crippen LogP contribution in [0.3, 0.4) is 0 Å². The van der Waals surface area contributed by atoms with E-state index in [4.69, 9.17) is 0 Å². The summed E-state index contributed by atoms with van der Waals surface area (Å²) in [6, 6.07) is 14.8. The lowest BCUT2D eigenvalue weighted by atomic mass is 10.1. The highest BCUT2D eigenvalue weighted by atomic mass is 15.2. The van der Waals surface area contributed by atoms with Gasteiger partial charge in [-0.15, -0.1) is 0 Å². The molecule has 0 saturated carbocycles. The first kappa shape index (κ1) is 18.8. The first-order valence-electron chi connectivity index (χ1n) is 9.36. The molecule has 0 fully saturated rings. The molecule has 0 aliphatic carbocycles. The fourth-order valence-electron chi connectivity index (χ4n) is 3.24. The van der Waals surface area contributed by atoms with Gasteiger partial charge in [0.25, 0.3) is 0 Å². The average Bonchev–Trinajstić information content (AvgIpc) is 2.62. The van der Waals surface area contributed by atoms with Crippen molar-refractivity contribution in [2.45, 2.75) is 40.5 Å². The maximum Gasteiger partial charge on any atom is 0.232 e. The molecule has 3 aromatic rings. The first-order valence-corrected chi connectivity index (χ1v) is 9.36. The normalized spacial score (nSPS) is 10.7. The lowest BCUT2D eigenvalue weighted by Gasteiger charge is -2.14. The van der Waals surface area contributed by atoms with Crippen LogP contribution in [0.25, 0.3) is 0 Å². The first-order chi connectivity index (χ1) is 13.0. The third-order valence-corrected chi connectivity index (χ3v) is 4.43. The number of nitrogens with one attached hydrogen (secondary N) is 2. The Hall–Kier alpha value is -2.95. The molecule has 0 aliphatic heterocycles. The number of aromatic nitrogens is 3. The van der Waals surface area contributed by atoms with Gasteiger partial charge in [0, 0.05) is 12.2 Å². The molecule has 5 nitrogen and oxygen atoms in total. The molecule has 0 saturated heterocycles. The minimum Gasteiger partial charge on any atom is -0.354 e. The molecule has 5 heteroatoms. The second kappa shape index (κ2) is 8.62. The van der Waals surface area contributed by atoms with Crippen LogP contribution in [0.2, 0.25) is 0 Å². The van der Waals surface area contributed by atoms with Crippen LogP contribution >= 0.6 is 0 Å². The molecule has 27 heavy (non-hydrogen) atoms. The van der Waals surface area contributed by atoms with Crippen molar-refractivity contribution >= 4 is 17.6 Å². The van der Waals surface area contributed by atoms with Crippen molar-refractivity contribution in [3.05, 3.63) is 70.5 Å². The second-order valence-electron chi connectivity index (χ2n) is 6.94. The third kappa shape index (κ3) is 5.26. The SMILES string of the molecule is Cc1cc(C)c(Nc2nc(C)nc(NCCCc3ccccc3)n2)c(C)c1. The summed E-state index contributed by atoms with van der Waals surface area (Å²) in [4.78, 5) is 13.4. The summed E-state index contributed by atoms with van der Waals surface area (Å²) >= 11 is 0. The Morgan fingerprint density at radius 3 is 2.19 bits per heavy atom. The van der Waals surface area contributed by atoms with Crippen molar-refractivity contribution < 1.29 is 0 Å². The van der Waals surface area contributed by atoms with E-state index in [1.165, 1.54) is 22.3 Å². The molecule has 3 rings (SSSR count). The molecule has 140 valence electrons. The highest BCUT2D eigenvalue weighted by Gasteiger charge is 2.08. The predicted molar refractivity (Wildman–Crippen MR) is 112 cm³/mol. The number of anilines is 3. The van der Waals surface area contributed by atoms with Gasteiger partial charge in [0.15, 0.2) is 0 Å². The summed E-state index contributed by atoms with van der Waals surface area (Å²) in [6.45, 7) is 9.00. The Labute approximate surface area is 161 Å². The van der Waals surface area contributed by atoms with Crippen LogP contribution in [-0.2, 0) is 6.42 Å². The van der Waals surface area contributed by atoms with E-state index in [1.54, 1.807) is 0 Å². The van der Waals surface area contributed by atoms with Crippen molar-refractivity contribution in [2.75, 3.05) is 17.2 Å². The summed E-state index contributed by atoms with van der Waals surface area (Å²) in [5, 5.41) is 6.68. The lowest BCUT2D eigenvalue weighted by Crippen LogP contribution is -2.10. The molecule has 1 aromatic heterocycles. The van der Waals surface area contributed by atoms with Gasteiger partial charge in [-0.3, -0.25) is 0 Å². The van der Waals surface area contributed by atoms with Gasteiger partial charge in [-0.2, -0.15) is 15.0 Å². The van der Waals surface area contributed by atoms with Crippen molar-refractivity contribution in [3.63, 3.8) is 0 Å². The Morgan fingerprint density at radius 2 is 1.48 bits per heavy atom. The monoisotopic (exact) mass is 361 g/mol. The zero-order valence-electron chi connectivity index (χ0n) is 16.5. The van der Waals surface area contributed by atoms with Crippen molar-refractivity contribution in [3.8, 4) is 0 Å². The fraction of sp³-hybridized carbons (Fsp3) is 0.318. The third-order valence-electron chi connectivity index (χ3n) is 4.43. The quantitative estimate of drug-likeness (QED) is 0.587. The number of benzene rings is 2. The second-order valence-corrected chi connectivity index (χ2v) is 6.94. The van der Waals surface area contributed by atoms with Crippen LogP contribution in [0.15, 0.2) is 42.5 Å². The number of aryl methyl sites for hydroxylation is 5. The number of nitrogens with zero attached hydrogens (tertiary/aromatic N) is 3. The van der Waals surface area contributed by atoms with Crippen molar-refractivity contribution in [2.24, 2.45) is 0 Å². The van der Waals surface area contributed by atoms with E-state index >= 15 is 0 Å². The number of hydrogen-bond donors (Lipinski definition) is 2. The smallest absolute Gasteiger partial charge is 0.232 e. The van der Waals surface area contributed by atoms with E-state index in [-0.39, 0.29) is 0 Å². The molecule has 1 heterocycles. The topological polar surface area (TPSA) is 62.7 Å². The van der Waals surface area contributed by atoms with Crippen molar-refractivity contribution in [1.29, 1.82) is 0 Å². The molecule has 0 aliphatic rings. The van der Waals surface area contributed by atoms with E-state index in [0.29, 0.717) is 17.7 Å². The molecule has 0 radical (unpaired) electrons. The van der Waals surface area contributed by atoms with Gasteiger partial charge in [0.2, 0.25) is 11.9 Å². The van der Waals surface area contributed by atoms with Gasteiger partial charge >= 0.3 is 0 Å². The van der Waals surface area contributed by atoms with Crippen LogP contribution in [0.4, 0.5) is 17.6 Å². The van der Waals surface area contributed by atoms with Crippen molar-refractivity contribution in [1.82, 2.24) is 15.0 Å². The summed E-state index contributed by atoms with van der Waals surface area (Å²) in [5.41, 5.74) is 6.02. The Balaban J connectivity index is 1.64. The van der Waals surface area contributed by atoms with Gasteiger partial charge in [-0.1, -0.05) is 48.0 Å². The van der Waals surface area contributed by atoms with Crippen LogP contribution in [0.5, 0.6) is 0 Å². The summed E-state index contributed by atoms with van der Waals surface area (Å²) in [5.74, 6) is 1.88. The van der Waals surface area contributed by atoms with Crippen LogP contribution in [0, 0.1) is 27.7 Å². The molecule has 0 bridgehead atoms. The average molecular weight is 361 g/mol. The van der Waals surface area contributed by atoms with Gasteiger partial charge in [0.05, 0.1) is 0 Å². The Bertz CT molecular complexity index is 883. The van der Waals surface area contributed by atoms with Crippen LogP contribution in [0.1, 0.15) is 34.5 Å². The van der Waals surface area contributed by atoms with Crippen LogP contribution < -0.4 is 10.6 Å². The Kier molecular flexibility index (Phi) is 6.01. The summed E-state index contributed by atoms with van der Waals surface area (Å²) in [6.07, 6.45) is 2.05. The fourth-order valence-corrected chi connectivity index (χ4v) is 3.24. The molecular formula is C22H27N5. The Morgan fingerprint density at radius 1 is 0.815 bits per heavy atom. The van der Waals surface area contributed by atoms with Gasteiger partial charge in [-0.25, -0.2) is 0 Å².